The smallest absolute Gasteiger partial charge is 0.308 e. The Balaban J connectivity index is 2.21. The number of benzene rings is 1. The number of carboxylic acid groups (broad SMARTS) is 1. The number of likely N-dealkylation sites (tertiary alicyclic amines) is 1. The van der Waals surface area contributed by atoms with Crippen LogP contribution in [-0.2, 0) is 4.79 Å². The standard InChI is InChI=1S/C14H16INO3/c1-8-3-4-10(7-12(8)15)13(17)16-6-5-11(9(16)2)14(18)19/h3-4,7,9,11H,5-6H2,1-2H3,(H,18,19). The van der Waals surface area contributed by atoms with E-state index in [1.165, 1.54) is 0 Å². The molecule has 19 heavy (non-hydrogen) atoms. The van der Waals surface area contributed by atoms with Crippen LogP contribution >= 0.6 is 22.6 Å². The van der Waals surface area contributed by atoms with Crippen LogP contribution in [0, 0.1) is 16.4 Å². The van der Waals surface area contributed by atoms with Crippen molar-refractivity contribution in [3.8, 4) is 0 Å². The molecule has 5 heteroatoms. The maximum Gasteiger partial charge on any atom is 0.308 e. The number of halogens is 1. The first-order chi connectivity index (χ1) is 8.91. The van der Waals surface area contributed by atoms with E-state index in [2.05, 4.69) is 22.6 Å². The van der Waals surface area contributed by atoms with Crippen LogP contribution in [0.15, 0.2) is 18.2 Å². The summed E-state index contributed by atoms with van der Waals surface area (Å²) in [5.41, 5.74) is 1.77. The van der Waals surface area contributed by atoms with Crippen molar-refractivity contribution in [3.05, 3.63) is 32.9 Å². The summed E-state index contributed by atoms with van der Waals surface area (Å²) in [6, 6.07) is 5.34. The second kappa shape index (κ2) is 5.48. The molecule has 0 bridgehead atoms. The van der Waals surface area contributed by atoms with Gasteiger partial charge in [-0.15, -0.1) is 0 Å². The number of carbonyl (C=O) groups is 2. The van der Waals surface area contributed by atoms with Crippen molar-refractivity contribution < 1.29 is 14.7 Å². The summed E-state index contributed by atoms with van der Waals surface area (Å²) in [6.07, 6.45) is 0.533. The summed E-state index contributed by atoms with van der Waals surface area (Å²) in [5, 5.41) is 9.10. The first-order valence-electron chi connectivity index (χ1n) is 6.21. The van der Waals surface area contributed by atoms with Gasteiger partial charge in [0.1, 0.15) is 0 Å². The number of hydrogen-bond donors (Lipinski definition) is 1. The Bertz CT molecular complexity index is 529. The minimum Gasteiger partial charge on any atom is -0.481 e. The number of rotatable bonds is 2. The third-order valence-electron chi connectivity index (χ3n) is 3.75. The lowest BCUT2D eigenvalue weighted by Gasteiger charge is -2.23. The Morgan fingerprint density at radius 2 is 2.11 bits per heavy atom. The maximum absolute atomic E-state index is 12.4. The molecule has 0 aromatic heterocycles. The van der Waals surface area contributed by atoms with E-state index in [0.29, 0.717) is 18.5 Å². The fourth-order valence-electron chi connectivity index (χ4n) is 2.45. The fraction of sp³-hybridized carbons (Fsp3) is 0.429. The average molecular weight is 373 g/mol. The fourth-order valence-corrected chi connectivity index (χ4v) is 2.96. The van der Waals surface area contributed by atoms with Crippen molar-refractivity contribution in [3.63, 3.8) is 0 Å². The zero-order chi connectivity index (χ0) is 14.2. The Labute approximate surface area is 125 Å². The van der Waals surface area contributed by atoms with Crippen LogP contribution in [0.4, 0.5) is 0 Å². The van der Waals surface area contributed by atoms with E-state index < -0.39 is 11.9 Å². The van der Waals surface area contributed by atoms with Gasteiger partial charge < -0.3 is 10.0 Å². The number of aliphatic carboxylic acids is 1. The quantitative estimate of drug-likeness (QED) is 0.811. The molecule has 1 fully saturated rings. The predicted molar refractivity (Wildman–Crippen MR) is 80.1 cm³/mol. The lowest BCUT2D eigenvalue weighted by molar-refractivity contribution is -0.142. The summed E-state index contributed by atoms with van der Waals surface area (Å²) >= 11 is 2.20. The van der Waals surface area contributed by atoms with Gasteiger partial charge in [-0.2, -0.15) is 0 Å². The molecule has 102 valence electrons. The molecule has 1 saturated heterocycles. The van der Waals surface area contributed by atoms with Gasteiger partial charge in [-0.3, -0.25) is 9.59 Å². The monoisotopic (exact) mass is 373 g/mol. The van der Waals surface area contributed by atoms with Gasteiger partial charge in [-0.1, -0.05) is 6.07 Å². The third-order valence-corrected chi connectivity index (χ3v) is 4.91. The molecule has 0 saturated carbocycles. The summed E-state index contributed by atoms with van der Waals surface area (Å²) in [4.78, 5) is 25.2. The molecular formula is C14H16INO3. The molecule has 1 N–H and O–H groups in total. The van der Waals surface area contributed by atoms with E-state index in [9.17, 15) is 9.59 Å². The van der Waals surface area contributed by atoms with Gasteiger partial charge in [0.05, 0.1) is 5.92 Å². The second-order valence-corrected chi connectivity index (χ2v) is 6.10. The molecule has 1 aliphatic heterocycles. The summed E-state index contributed by atoms with van der Waals surface area (Å²) in [5.74, 6) is -1.34. The van der Waals surface area contributed by atoms with Crippen molar-refractivity contribution in [2.75, 3.05) is 6.54 Å². The van der Waals surface area contributed by atoms with Crippen molar-refractivity contribution in [2.45, 2.75) is 26.3 Å². The Morgan fingerprint density at radius 3 is 2.63 bits per heavy atom. The SMILES string of the molecule is Cc1ccc(C(=O)N2CCC(C(=O)O)C2C)cc1I. The highest BCUT2D eigenvalue weighted by Crippen LogP contribution is 2.26. The van der Waals surface area contributed by atoms with Crippen molar-refractivity contribution in [2.24, 2.45) is 5.92 Å². The third kappa shape index (κ3) is 2.75. The minimum atomic E-state index is -0.818. The van der Waals surface area contributed by atoms with Gasteiger partial charge in [-0.05, 0) is 60.6 Å². The number of carbonyl (C=O) groups excluding carboxylic acids is 1. The molecule has 2 unspecified atom stereocenters. The Kier molecular flexibility index (Phi) is 4.13. The highest BCUT2D eigenvalue weighted by atomic mass is 127. The number of carboxylic acids is 1. The van der Waals surface area contributed by atoms with Crippen LogP contribution in [0.1, 0.15) is 29.3 Å². The van der Waals surface area contributed by atoms with Gasteiger partial charge in [0.2, 0.25) is 0 Å². The summed E-state index contributed by atoms with van der Waals surface area (Å²) in [6.45, 7) is 4.32. The van der Waals surface area contributed by atoms with Crippen LogP contribution in [0.2, 0.25) is 0 Å². The summed E-state index contributed by atoms with van der Waals surface area (Å²) < 4.78 is 1.05. The number of nitrogens with zero attached hydrogens (tertiary/aromatic N) is 1. The van der Waals surface area contributed by atoms with Gasteiger partial charge >= 0.3 is 5.97 Å². The molecule has 0 aliphatic carbocycles. The average Bonchev–Trinajstić information content (AvgIpc) is 2.74. The predicted octanol–water partition coefficient (Wildman–Crippen LogP) is 2.53. The lowest BCUT2D eigenvalue weighted by atomic mass is 10.0. The lowest BCUT2D eigenvalue weighted by Crippen LogP contribution is -2.37. The largest absolute Gasteiger partial charge is 0.481 e. The van der Waals surface area contributed by atoms with Gasteiger partial charge in [0, 0.05) is 21.7 Å². The van der Waals surface area contributed by atoms with Gasteiger partial charge in [-0.25, -0.2) is 0 Å². The molecule has 4 nitrogen and oxygen atoms in total. The van der Waals surface area contributed by atoms with E-state index in [0.717, 1.165) is 9.13 Å². The molecule has 1 aromatic carbocycles. The molecule has 0 spiro atoms. The molecule has 1 heterocycles. The van der Waals surface area contributed by atoms with Crippen LogP contribution in [0.3, 0.4) is 0 Å². The molecule has 1 aromatic rings. The first-order valence-corrected chi connectivity index (χ1v) is 7.29. The van der Waals surface area contributed by atoms with E-state index >= 15 is 0 Å². The molecule has 2 rings (SSSR count). The number of hydrogen-bond acceptors (Lipinski definition) is 2. The van der Waals surface area contributed by atoms with Crippen LogP contribution in [0.25, 0.3) is 0 Å². The van der Waals surface area contributed by atoms with Gasteiger partial charge in [0.15, 0.2) is 0 Å². The Hall–Kier alpha value is -1.11. The minimum absolute atomic E-state index is 0.0748. The second-order valence-electron chi connectivity index (χ2n) is 4.94. The van der Waals surface area contributed by atoms with Crippen molar-refractivity contribution in [1.82, 2.24) is 4.90 Å². The van der Waals surface area contributed by atoms with Crippen LogP contribution in [-0.4, -0.2) is 34.5 Å². The normalized spacial score (nSPS) is 22.6. The van der Waals surface area contributed by atoms with E-state index in [1.54, 1.807) is 11.0 Å². The van der Waals surface area contributed by atoms with Gasteiger partial charge in [0.25, 0.3) is 5.91 Å². The molecule has 1 amide bonds. The Morgan fingerprint density at radius 1 is 1.42 bits per heavy atom. The van der Waals surface area contributed by atoms with E-state index in [-0.39, 0.29) is 11.9 Å². The van der Waals surface area contributed by atoms with Crippen molar-refractivity contribution in [1.29, 1.82) is 0 Å². The van der Waals surface area contributed by atoms with Crippen LogP contribution < -0.4 is 0 Å². The van der Waals surface area contributed by atoms with E-state index in [1.807, 2.05) is 26.0 Å². The maximum atomic E-state index is 12.4. The van der Waals surface area contributed by atoms with Crippen molar-refractivity contribution >= 4 is 34.5 Å². The molecular weight excluding hydrogens is 357 g/mol. The molecule has 1 aliphatic rings. The first kappa shape index (κ1) is 14.3. The topological polar surface area (TPSA) is 57.6 Å². The highest BCUT2D eigenvalue weighted by molar-refractivity contribution is 14.1. The zero-order valence-corrected chi connectivity index (χ0v) is 13.0. The number of amides is 1. The molecule has 0 radical (unpaired) electrons. The summed E-state index contributed by atoms with van der Waals surface area (Å²) in [7, 11) is 0. The molecule has 2 atom stereocenters. The highest BCUT2D eigenvalue weighted by Gasteiger charge is 2.38. The zero-order valence-electron chi connectivity index (χ0n) is 10.9. The van der Waals surface area contributed by atoms with Crippen LogP contribution in [0.5, 0.6) is 0 Å². The number of aryl methyl sites for hydroxylation is 1. The van der Waals surface area contributed by atoms with E-state index in [4.69, 9.17) is 5.11 Å².